The molecule has 2 unspecified atom stereocenters. The first-order valence-electron chi connectivity index (χ1n) is 7.97. The van der Waals surface area contributed by atoms with E-state index < -0.39 is 0 Å². The van der Waals surface area contributed by atoms with Gasteiger partial charge >= 0.3 is 0 Å². The Labute approximate surface area is 137 Å². The summed E-state index contributed by atoms with van der Waals surface area (Å²) in [5.41, 5.74) is 2.50. The largest absolute Gasteiger partial charge is 0.297 e. The monoisotopic (exact) mass is 316 g/mol. The van der Waals surface area contributed by atoms with Crippen LogP contribution in [0.3, 0.4) is 0 Å². The molecule has 0 saturated carbocycles. The van der Waals surface area contributed by atoms with Crippen LogP contribution in [0.5, 0.6) is 0 Å². The third-order valence-corrected chi connectivity index (χ3v) is 5.17. The van der Waals surface area contributed by atoms with Crippen molar-refractivity contribution in [3.05, 3.63) is 47.8 Å². The molecule has 2 aromatic rings. The summed E-state index contributed by atoms with van der Waals surface area (Å²) < 4.78 is 8.41. The summed E-state index contributed by atoms with van der Waals surface area (Å²) in [5, 5.41) is 0. The van der Waals surface area contributed by atoms with E-state index >= 15 is 0 Å². The van der Waals surface area contributed by atoms with Gasteiger partial charge in [-0.2, -0.15) is 8.75 Å². The van der Waals surface area contributed by atoms with Crippen LogP contribution in [-0.4, -0.2) is 44.2 Å². The van der Waals surface area contributed by atoms with Crippen molar-refractivity contribution in [3.8, 4) is 0 Å². The summed E-state index contributed by atoms with van der Waals surface area (Å²) in [7, 11) is 2.21. The van der Waals surface area contributed by atoms with Crippen LogP contribution < -0.4 is 0 Å². The first kappa shape index (κ1) is 15.6. The summed E-state index contributed by atoms with van der Waals surface area (Å²) in [6.45, 7) is 5.49. The van der Waals surface area contributed by atoms with Crippen LogP contribution in [-0.2, 0) is 13.1 Å². The van der Waals surface area contributed by atoms with Crippen LogP contribution in [0, 0.1) is 0 Å². The molecule has 1 saturated heterocycles. The lowest BCUT2D eigenvalue weighted by Crippen LogP contribution is -2.47. The Kier molecular flexibility index (Phi) is 5.18. The highest BCUT2D eigenvalue weighted by Gasteiger charge is 2.27. The first-order valence-corrected chi connectivity index (χ1v) is 8.70. The molecular weight excluding hydrogens is 292 g/mol. The summed E-state index contributed by atoms with van der Waals surface area (Å²) in [6, 6.07) is 12.0. The molecule has 2 heterocycles. The van der Waals surface area contributed by atoms with E-state index in [9.17, 15) is 0 Å². The fourth-order valence-corrected chi connectivity index (χ4v) is 3.71. The lowest BCUT2D eigenvalue weighted by molar-refractivity contribution is 0.0767. The molecule has 118 valence electrons. The third kappa shape index (κ3) is 3.91. The minimum atomic E-state index is 0.620. The Bertz CT molecular complexity index is 557. The second kappa shape index (κ2) is 7.31. The SMILES string of the molecule is CC1CC(N(C)Cc2cnsn2)CCN1Cc1ccccc1. The second-order valence-corrected chi connectivity index (χ2v) is 6.85. The average molecular weight is 316 g/mol. The van der Waals surface area contributed by atoms with Crippen molar-refractivity contribution in [2.24, 2.45) is 0 Å². The van der Waals surface area contributed by atoms with Crippen LogP contribution in [0.2, 0.25) is 0 Å². The maximum Gasteiger partial charge on any atom is 0.0883 e. The van der Waals surface area contributed by atoms with Gasteiger partial charge in [-0.15, -0.1) is 0 Å². The molecule has 3 rings (SSSR count). The quantitative estimate of drug-likeness (QED) is 0.849. The highest BCUT2D eigenvalue weighted by atomic mass is 32.1. The highest BCUT2D eigenvalue weighted by molar-refractivity contribution is 6.99. The Balaban J connectivity index is 1.53. The van der Waals surface area contributed by atoms with Gasteiger partial charge in [-0.05, 0) is 32.4 Å². The van der Waals surface area contributed by atoms with Crippen LogP contribution in [0.4, 0.5) is 0 Å². The summed E-state index contributed by atoms with van der Waals surface area (Å²) >= 11 is 1.30. The van der Waals surface area contributed by atoms with Crippen LogP contribution >= 0.6 is 11.7 Å². The van der Waals surface area contributed by atoms with Gasteiger partial charge in [0, 0.05) is 31.7 Å². The molecule has 1 aromatic heterocycles. The summed E-state index contributed by atoms with van der Waals surface area (Å²) in [4.78, 5) is 5.04. The predicted octanol–water partition coefficient (Wildman–Crippen LogP) is 3.02. The van der Waals surface area contributed by atoms with Gasteiger partial charge in [-0.1, -0.05) is 30.3 Å². The molecule has 0 radical (unpaired) electrons. The zero-order valence-corrected chi connectivity index (χ0v) is 14.2. The molecule has 22 heavy (non-hydrogen) atoms. The van der Waals surface area contributed by atoms with E-state index in [-0.39, 0.29) is 0 Å². The Hall–Kier alpha value is -1.30. The van der Waals surface area contributed by atoms with Gasteiger partial charge in [-0.25, -0.2) is 0 Å². The highest BCUT2D eigenvalue weighted by Crippen LogP contribution is 2.23. The molecule has 4 nitrogen and oxygen atoms in total. The number of aromatic nitrogens is 2. The standard InChI is InChI=1S/C17H24N4S/c1-14-10-17(20(2)13-16-11-18-22-19-16)8-9-21(14)12-15-6-4-3-5-7-15/h3-7,11,14,17H,8-10,12-13H2,1-2H3. The first-order chi connectivity index (χ1) is 10.7. The van der Waals surface area contributed by atoms with Gasteiger partial charge in [0.05, 0.1) is 23.6 Å². The summed E-state index contributed by atoms with van der Waals surface area (Å²) in [6.07, 6.45) is 4.33. The molecule has 5 heteroatoms. The average Bonchev–Trinajstić information content (AvgIpc) is 3.03. The maximum absolute atomic E-state index is 4.32. The number of likely N-dealkylation sites (tertiary alicyclic amines) is 1. The van der Waals surface area contributed by atoms with Crippen molar-refractivity contribution in [2.45, 2.75) is 44.9 Å². The lowest BCUT2D eigenvalue weighted by Gasteiger charge is -2.41. The van der Waals surface area contributed by atoms with Gasteiger partial charge in [-0.3, -0.25) is 9.80 Å². The van der Waals surface area contributed by atoms with Crippen molar-refractivity contribution >= 4 is 11.7 Å². The molecule has 1 aliphatic heterocycles. The number of hydrogen-bond donors (Lipinski definition) is 0. The lowest BCUT2D eigenvalue weighted by atomic mass is 9.96. The molecule has 0 aliphatic carbocycles. The number of piperidine rings is 1. The van der Waals surface area contributed by atoms with E-state index in [1.165, 1.54) is 36.7 Å². The van der Waals surface area contributed by atoms with E-state index in [1.54, 1.807) is 0 Å². The molecule has 0 bridgehead atoms. The van der Waals surface area contributed by atoms with E-state index in [1.807, 2.05) is 6.20 Å². The normalized spacial score (nSPS) is 23.0. The van der Waals surface area contributed by atoms with Crippen molar-refractivity contribution in [3.63, 3.8) is 0 Å². The van der Waals surface area contributed by atoms with Gasteiger partial charge in [0.25, 0.3) is 0 Å². The number of rotatable bonds is 5. The molecule has 0 spiro atoms. The Morgan fingerprint density at radius 3 is 2.82 bits per heavy atom. The van der Waals surface area contributed by atoms with Crippen LogP contribution in [0.15, 0.2) is 36.5 Å². The maximum atomic E-state index is 4.32. The van der Waals surface area contributed by atoms with E-state index in [2.05, 4.69) is 62.9 Å². The van der Waals surface area contributed by atoms with E-state index in [0.717, 1.165) is 18.8 Å². The van der Waals surface area contributed by atoms with Gasteiger partial charge in [0.2, 0.25) is 0 Å². The molecule has 2 atom stereocenters. The summed E-state index contributed by atoms with van der Waals surface area (Å²) in [5.74, 6) is 0. The zero-order valence-electron chi connectivity index (χ0n) is 13.4. The molecule has 1 aliphatic rings. The van der Waals surface area contributed by atoms with Crippen molar-refractivity contribution < 1.29 is 0 Å². The predicted molar refractivity (Wildman–Crippen MR) is 90.7 cm³/mol. The van der Waals surface area contributed by atoms with Gasteiger partial charge in [0.15, 0.2) is 0 Å². The van der Waals surface area contributed by atoms with Gasteiger partial charge < -0.3 is 0 Å². The van der Waals surface area contributed by atoms with Crippen molar-refractivity contribution in [2.75, 3.05) is 13.6 Å². The zero-order chi connectivity index (χ0) is 15.4. The van der Waals surface area contributed by atoms with Crippen LogP contribution in [0.25, 0.3) is 0 Å². The molecule has 1 fully saturated rings. The van der Waals surface area contributed by atoms with Crippen LogP contribution in [0.1, 0.15) is 31.0 Å². The number of nitrogens with zero attached hydrogens (tertiary/aromatic N) is 4. The minimum absolute atomic E-state index is 0.620. The fraction of sp³-hybridized carbons (Fsp3) is 0.529. The second-order valence-electron chi connectivity index (χ2n) is 6.30. The molecule has 1 aromatic carbocycles. The molecule has 0 N–H and O–H groups in total. The number of hydrogen-bond acceptors (Lipinski definition) is 5. The fourth-order valence-electron chi connectivity index (χ4n) is 3.29. The van der Waals surface area contributed by atoms with E-state index in [4.69, 9.17) is 0 Å². The number of benzene rings is 1. The third-order valence-electron chi connectivity index (χ3n) is 4.66. The Morgan fingerprint density at radius 1 is 1.32 bits per heavy atom. The van der Waals surface area contributed by atoms with Crippen molar-refractivity contribution in [1.82, 2.24) is 18.5 Å². The minimum Gasteiger partial charge on any atom is -0.297 e. The van der Waals surface area contributed by atoms with Gasteiger partial charge in [0.1, 0.15) is 0 Å². The molecular formula is C17H24N4S. The Morgan fingerprint density at radius 2 is 2.14 bits per heavy atom. The topological polar surface area (TPSA) is 32.3 Å². The molecule has 0 amide bonds. The smallest absolute Gasteiger partial charge is 0.0883 e. The van der Waals surface area contributed by atoms with Crippen molar-refractivity contribution in [1.29, 1.82) is 0 Å². The van der Waals surface area contributed by atoms with E-state index in [0.29, 0.717) is 12.1 Å².